The quantitative estimate of drug-likeness (QED) is 0.642. The summed E-state index contributed by atoms with van der Waals surface area (Å²) in [6, 6.07) is 5.79. The molecule has 5 aliphatic rings. The molecule has 148 valence electrons. The van der Waals surface area contributed by atoms with Crippen LogP contribution in [0.2, 0.25) is 0 Å². The third-order valence-corrected chi connectivity index (χ3v) is 7.31. The average Bonchev–Trinajstić information content (AvgIpc) is 2.85. The number of nitrogens with one attached hydrogen (secondary N) is 1. The number of ether oxygens (including phenoxy) is 1. The Balaban J connectivity index is 1.36. The van der Waals surface area contributed by atoms with Crippen molar-refractivity contribution in [2.45, 2.75) is 24.3 Å². The Morgan fingerprint density at radius 2 is 2.11 bits per heavy atom. The van der Waals surface area contributed by atoms with Gasteiger partial charge in [-0.2, -0.15) is 0 Å². The van der Waals surface area contributed by atoms with Gasteiger partial charge in [-0.25, -0.2) is 0 Å². The van der Waals surface area contributed by atoms with Crippen molar-refractivity contribution in [3.63, 3.8) is 0 Å². The molecule has 1 aromatic carbocycles. The molecular weight excluding hydrogens is 358 g/mol. The van der Waals surface area contributed by atoms with Crippen molar-refractivity contribution in [3.8, 4) is 0 Å². The lowest BCUT2D eigenvalue weighted by molar-refractivity contribution is -0.197. The summed E-state index contributed by atoms with van der Waals surface area (Å²) in [6.07, 6.45) is 1.51. The van der Waals surface area contributed by atoms with Crippen LogP contribution in [0.15, 0.2) is 24.3 Å². The molecule has 0 aromatic heterocycles. The van der Waals surface area contributed by atoms with Gasteiger partial charge >= 0.3 is 0 Å². The molecule has 0 saturated carbocycles. The lowest BCUT2D eigenvalue weighted by Gasteiger charge is -2.56. The molecule has 1 spiro atoms. The van der Waals surface area contributed by atoms with Crippen LogP contribution in [0.3, 0.4) is 0 Å². The minimum Gasteiger partial charge on any atom is -0.380 e. The first-order valence-corrected chi connectivity index (χ1v) is 10.00. The number of likely N-dealkylation sites (N-methyl/N-ethyl adjacent to an activating group) is 1. The van der Waals surface area contributed by atoms with E-state index in [1.165, 1.54) is 0 Å². The van der Waals surface area contributed by atoms with E-state index in [0.717, 1.165) is 48.7 Å². The van der Waals surface area contributed by atoms with Gasteiger partial charge in [-0.15, -0.1) is 0 Å². The zero-order valence-corrected chi connectivity index (χ0v) is 15.9. The number of amides is 1. The number of nitrogens with zero attached hydrogens (tertiary/aromatic N) is 2. The van der Waals surface area contributed by atoms with Crippen LogP contribution < -0.4 is 5.32 Å². The monoisotopic (exact) mass is 383 g/mol. The molecule has 4 heterocycles. The average molecular weight is 383 g/mol. The number of hydrogen-bond acceptors (Lipinski definition) is 6. The smallest absolute Gasteiger partial charge is 0.230 e. The van der Waals surface area contributed by atoms with Gasteiger partial charge in [-0.05, 0) is 24.3 Å². The fraction of sp³-hybridized carbons (Fsp3) is 0.571. The van der Waals surface area contributed by atoms with Gasteiger partial charge in [0, 0.05) is 43.3 Å². The standard InChI is InChI=1S/C21H25N3O4/c1-23-7-12(18(25)24-8-20(9-24)10-28-11-20)5-14-13-3-2-4-15-17(13)21(27,6-16(14)23)19(26)22-15/h2-5,12,16,19,22,26-27H,6-11H2,1H3. The molecule has 7 heteroatoms. The molecule has 2 fully saturated rings. The van der Waals surface area contributed by atoms with E-state index in [2.05, 4.69) is 16.3 Å². The van der Waals surface area contributed by atoms with Crippen LogP contribution in [-0.2, 0) is 15.1 Å². The van der Waals surface area contributed by atoms with Gasteiger partial charge in [-0.1, -0.05) is 18.2 Å². The molecule has 0 radical (unpaired) electrons. The molecule has 1 amide bonds. The first-order chi connectivity index (χ1) is 13.4. The van der Waals surface area contributed by atoms with Crippen LogP contribution in [0, 0.1) is 11.3 Å². The number of anilines is 1. The molecule has 7 nitrogen and oxygen atoms in total. The Bertz CT molecular complexity index is 903. The molecule has 1 aromatic rings. The maximum atomic E-state index is 13.1. The van der Waals surface area contributed by atoms with Gasteiger partial charge in [0.2, 0.25) is 5.91 Å². The van der Waals surface area contributed by atoms with Gasteiger partial charge in [0.15, 0.2) is 6.23 Å². The van der Waals surface area contributed by atoms with Gasteiger partial charge in [0.05, 0.1) is 24.5 Å². The molecule has 28 heavy (non-hydrogen) atoms. The highest BCUT2D eigenvalue weighted by Gasteiger charge is 2.55. The van der Waals surface area contributed by atoms with E-state index in [1.54, 1.807) is 0 Å². The number of aliphatic hydroxyl groups is 2. The van der Waals surface area contributed by atoms with Crippen LogP contribution in [0.4, 0.5) is 5.69 Å². The molecule has 4 atom stereocenters. The molecule has 1 aliphatic carbocycles. The second-order valence-corrected chi connectivity index (χ2v) is 9.27. The Hall–Kier alpha value is -1.93. The van der Waals surface area contributed by atoms with E-state index in [-0.39, 0.29) is 23.3 Å². The number of carbonyl (C=O) groups is 1. The van der Waals surface area contributed by atoms with Crippen LogP contribution >= 0.6 is 0 Å². The molecule has 3 N–H and O–H groups in total. The summed E-state index contributed by atoms with van der Waals surface area (Å²) in [6.45, 7) is 3.77. The van der Waals surface area contributed by atoms with E-state index >= 15 is 0 Å². The molecule has 6 rings (SSSR count). The summed E-state index contributed by atoms with van der Waals surface area (Å²) in [5, 5.41) is 24.7. The second-order valence-electron chi connectivity index (χ2n) is 9.27. The minimum absolute atomic E-state index is 0.0193. The maximum Gasteiger partial charge on any atom is 0.230 e. The van der Waals surface area contributed by atoms with E-state index in [0.29, 0.717) is 13.0 Å². The molecule has 2 saturated heterocycles. The van der Waals surface area contributed by atoms with Crippen molar-refractivity contribution in [2.24, 2.45) is 11.3 Å². The van der Waals surface area contributed by atoms with Crippen molar-refractivity contribution in [1.82, 2.24) is 9.80 Å². The Labute approximate surface area is 163 Å². The Morgan fingerprint density at radius 3 is 2.82 bits per heavy atom. The van der Waals surface area contributed by atoms with Gasteiger partial charge in [0.25, 0.3) is 0 Å². The highest BCUT2D eigenvalue weighted by molar-refractivity contribution is 5.88. The normalized spacial score (nSPS) is 37.3. The summed E-state index contributed by atoms with van der Waals surface area (Å²) >= 11 is 0. The first-order valence-electron chi connectivity index (χ1n) is 10.00. The Morgan fingerprint density at radius 1 is 1.32 bits per heavy atom. The number of rotatable bonds is 1. The largest absolute Gasteiger partial charge is 0.380 e. The zero-order chi connectivity index (χ0) is 19.3. The SMILES string of the molecule is CN1CC(C(=O)N2CC3(COC3)C2)C=C2c3cccc4c3C(O)(CC21)C(O)N4. The van der Waals surface area contributed by atoms with E-state index in [9.17, 15) is 15.0 Å². The highest BCUT2D eigenvalue weighted by atomic mass is 16.5. The summed E-state index contributed by atoms with van der Waals surface area (Å²) in [5.41, 5.74) is 2.49. The second kappa shape index (κ2) is 5.36. The van der Waals surface area contributed by atoms with Crippen molar-refractivity contribution >= 4 is 17.2 Å². The zero-order valence-electron chi connectivity index (χ0n) is 15.9. The molecule has 4 unspecified atom stereocenters. The van der Waals surface area contributed by atoms with Crippen molar-refractivity contribution in [2.75, 3.05) is 45.2 Å². The number of carbonyl (C=O) groups excluding carboxylic acids is 1. The van der Waals surface area contributed by atoms with Gasteiger partial charge in [0.1, 0.15) is 5.60 Å². The summed E-state index contributed by atoms with van der Waals surface area (Å²) < 4.78 is 5.32. The van der Waals surface area contributed by atoms with E-state index in [1.807, 2.05) is 30.1 Å². The Kier molecular flexibility index (Phi) is 3.25. The van der Waals surface area contributed by atoms with Crippen molar-refractivity contribution in [3.05, 3.63) is 35.4 Å². The molecule has 4 aliphatic heterocycles. The predicted octanol–water partition coefficient (Wildman–Crippen LogP) is 0.194. The van der Waals surface area contributed by atoms with Crippen molar-refractivity contribution < 1.29 is 19.7 Å². The first kappa shape index (κ1) is 17.0. The van der Waals surface area contributed by atoms with Crippen LogP contribution in [-0.4, -0.2) is 78.1 Å². The maximum absolute atomic E-state index is 13.1. The molecular formula is C21H25N3O4. The third kappa shape index (κ3) is 2.05. The fourth-order valence-electron chi connectivity index (χ4n) is 5.76. The highest BCUT2D eigenvalue weighted by Crippen LogP contribution is 2.52. The van der Waals surface area contributed by atoms with Crippen molar-refractivity contribution in [1.29, 1.82) is 0 Å². The van der Waals surface area contributed by atoms with Crippen LogP contribution in [0.1, 0.15) is 17.5 Å². The number of aliphatic hydroxyl groups excluding tert-OH is 1. The topological polar surface area (TPSA) is 85.3 Å². The van der Waals surface area contributed by atoms with Gasteiger partial charge < -0.3 is 25.2 Å². The number of likely N-dealkylation sites (tertiary alicyclic amines) is 1. The number of benzene rings is 1. The number of fused-ring (bicyclic) bond motifs is 2. The van der Waals surface area contributed by atoms with E-state index < -0.39 is 11.8 Å². The predicted molar refractivity (Wildman–Crippen MR) is 102 cm³/mol. The molecule has 0 bridgehead atoms. The van der Waals surface area contributed by atoms with Crippen LogP contribution in [0.5, 0.6) is 0 Å². The minimum atomic E-state index is -1.30. The van der Waals surface area contributed by atoms with Gasteiger partial charge in [-0.3, -0.25) is 9.69 Å². The third-order valence-electron chi connectivity index (χ3n) is 7.31. The lowest BCUT2D eigenvalue weighted by atomic mass is 9.71. The van der Waals surface area contributed by atoms with Crippen LogP contribution in [0.25, 0.3) is 5.57 Å². The summed E-state index contributed by atoms with van der Waals surface area (Å²) in [7, 11) is 2.00. The fourth-order valence-corrected chi connectivity index (χ4v) is 5.76. The van der Waals surface area contributed by atoms with E-state index in [4.69, 9.17) is 4.74 Å². The lowest BCUT2D eigenvalue weighted by Crippen LogP contribution is -2.68. The summed E-state index contributed by atoms with van der Waals surface area (Å²) in [4.78, 5) is 17.2. The number of hydrogen-bond donors (Lipinski definition) is 3. The summed E-state index contributed by atoms with van der Waals surface area (Å²) in [5.74, 6) is -0.00201.